The van der Waals surface area contributed by atoms with Crippen molar-refractivity contribution in [1.82, 2.24) is 15.3 Å². The van der Waals surface area contributed by atoms with Gasteiger partial charge >= 0.3 is 0 Å². The molecule has 0 aliphatic carbocycles. The van der Waals surface area contributed by atoms with E-state index in [9.17, 15) is 4.79 Å². The first-order valence-corrected chi connectivity index (χ1v) is 6.61. The number of anilines is 1. The molecule has 1 rings (SSSR count). The number of amides is 1. The molecule has 0 radical (unpaired) electrons. The summed E-state index contributed by atoms with van der Waals surface area (Å²) in [4.78, 5) is 19.9. The summed E-state index contributed by atoms with van der Waals surface area (Å²) in [6, 6.07) is 0. The maximum absolute atomic E-state index is 11.6. The number of hydrogen-bond donors (Lipinski definition) is 2. The van der Waals surface area contributed by atoms with E-state index in [2.05, 4.69) is 27.5 Å². The second-order valence-electron chi connectivity index (χ2n) is 4.17. The molecule has 0 fully saturated rings. The Morgan fingerprint density at radius 2 is 2.11 bits per heavy atom. The molecule has 6 heteroatoms. The minimum Gasteiger partial charge on any atom is -0.383 e. The highest BCUT2D eigenvalue weighted by Crippen LogP contribution is 2.02. The third-order valence-electron chi connectivity index (χ3n) is 2.56. The van der Waals surface area contributed by atoms with Crippen molar-refractivity contribution in [1.29, 1.82) is 0 Å². The van der Waals surface area contributed by atoms with E-state index in [1.807, 2.05) is 0 Å². The van der Waals surface area contributed by atoms with Gasteiger partial charge in [-0.2, -0.15) is 0 Å². The van der Waals surface area contributed by atoms with Crippen LogP contribution in [-0.4, -0.2) is 42.7 Å². The largest absolute Gasteiger partial charge is 0.383 e. The molecule has 0 aromatic carbocycles. The molecule has 0 unspecified atom stereocenters. The molecule has 0 aliphatic heterocycles. The van der Waals surface area contributed by atoms with Crippen LogP contribution in [0.2, 0.25) is 0 Å². The molecule has 1 aromatic heterocycles. The van der Waals surface area contributed by atoms with Crippen molar-refractivity contribution in [2.24, 2.45) is 0 Å². The van der Waals surface area contributed by atoms with Crippen molar-refractivity contribution < 1.29 is 9.53 Å². The summed E-state index contributed by atoms with van der Waals surface area (Å²) in [5, 5.41) is 5.86. The number of nitrogens with one attached hydrogen (secondary N) is 2. The minimum absolute atomic E-state index is 0.234. The molecule has 1 aromatic rings. The van der Waals surface area contributed by atoms with Crippen LogP contribution in [0.4, 0.5) is 5.82 Å². The fourth-order valence-electron chi connectivity index (χ4n) is 1.49. The number of nitrogens with zero attached hydrogens (tertiary/aromatic N) is 2. The second-order valence-corrected chi connectivity index (χ2v) is 4.17. The number of rotatable bonds is 9. The highest BCUT2D eigenvalue weighted by Gasteiger charge is 2.06. The maximum atomic E-state index is 11.6. The first-order valence-electron chi connectivity index (χ1n) is 6.61. The Labute approximate surface area is 114 Å². The molecule has 0 saturated carbocycles. The first-order chi connectivity index (χ1) is 9.27. The van der Waals surface area contributed by atoms with Crippen LogP contribution < -0.4 is 10.6 Å². The summed E-state index contributed by atoms with van der Waals surface area (Å²) >= 11 is 0. The standard InChI is InChI=1S/C13H22N4O2/c1-3-4-5-6-14-12-10-16-11(9-17-12)13(18)15-7-8-19-2/h9-10H,3-8H2,1-2H3,(H,14,17)(H,15,18). The van der Waals surface area contributed by atoms with Crippen molar-refractivity contribution in [2.75, 3.05) is 32.1 Å². The minimum atomic E-state index is -0.234. The molecule has 0 atom stereocenters. The van der Waals surface area contributed by atoms with Gasteiger partial charge in [0.05, 0.1) is 19.0 Å². The van der Waals surface area contributed by atoms with Gasteiger partial charge in [0.15, 0.2) is 0 Å². The van der Waals surface area contributed by atoms with E-state index in [0.717, 1.165) is 13.0 Å². The third kappa shape index (κ3) is 6.15. The van der Waals surface area contributed by atoms with Crippen molar-refractivity contribution >= 4 is 11.7 Å². The number of aromatic nitrogens is 2. The monoisotopic (exact) mass is 266 g/mol. The van der Waals surface area contributed by atoms with Gasteiger partial charge in [-0.3, -0.25) is 4.79 Å². The van der Waals surface area contributed by atoms with Crippen LogP contribution in [0.15, 0.2) is 12.4 Å². The third-order valence-corrected chi connectivity index (χ3v) is 2.56. The highest BCUT2D eigenvalue weighted by atomic mass is 16.5. The van der Waals surface area contributed by atoms with E-state index < -0.39 is 0 Å². The number of methoxy groups -OCH3 is 1. The molecule has 1 heterocycles. The molecular weight excluding hydrogens is 244 g/mol. The predicted octanol–water partition coefficient (Wildman–Crippen LogP) is 1.45. The van der Waals surface area contributed by atoms with Crippen LogP contribution in [0.25, 0.3) is 0 Å². The van der Waals surface area contributed by atoms with Crippen LogP contribution >= 0.6 is 0 Å². The van der Waals surface area contributed by atoms with Gasteiger partial charge in [-0.05, 0) is 6.42 Å². The Balaban J connectivity index is 2.36. The molecule has 1 amide bonds. The molecule has 19 heavy (non-hydrogen) atoms. The van der Waals surface area contributed by atoms with E-state index in [0.29, 0.717) is 24.7 Å². The van der Waals surface area contributed by atoms with Crippen molar-refractivity contribution in [3.8, 4) is 0 Å². The van der Waals surface area contributed by atoms with Gasteiger partial charge in [0.25, 0.3) is 5.91 Å². The zero-order valence-corrected chi connectivity index (χ0v) is 11.6. The normalized spacial score (nSPS) is 10.2. The van der Waals surface area contributed by atoms with Gasteiger partial charge in [-0.25, -0.2) is 9.97 Å². The van der Waals surface area contributed by atoms with Gasteiger partial charge in [0.1, 0.15) is 11.5 Å². The second kappa shape index (κ2) is 9.27. The van der Waals surface area contributed by atoms with E-state index in [1.54, 1.807) is 13.3 Å². The van der Waals surface area contributed by atoms with Gasteiger partial charge in [0.2, 0.25) is 0 Å². The van der Waals surface area contributed by atoms with Gasteiger partial charge in [0, 0.05) is 20.2 Å². The lowest BCUT2D eigenvalue weighted by atomic mass is 10.2. The fraction of sp³-hybridized carbons (Fsp3) is 0.615. The number of carbonyl (C=O) groups excluding carboxylic acids is 1. The molecule has 2 N–H and O–H groups in total. The van der Waals surface area contributed by atoms with Crippen LogP contribution in [0.3, 0.4) is 0 Å². The number of ether oxygens (including phenoxy) is 1. The van der Waals surface area contributed by atoms with E-state index in [-0.39, 0.29) is 5.91 Å². The van der Waals surface area contributed by atoms with Crippen molar-refractivity contribution in [2.45, 2.75) is 26.2 Å². The average molecular weight is 266 g/mol. The number of unbranched alkanes of at least 4 members (excludes halogenated alkanes) is 2. The lowest BCUT2D eigenvalue weighted by Crippen LogP contribution is -2.27. The Kier molecular flexibility index (Phi) is 7.50. The predicted molar refractivity (Wildman–Crippen MR) is 74.3 cm³/mol. The van der Waals surface area contributed by atoms with Gasteiger partial charge < -0.3 is 15.4 Å². The Bertz CT molecular complexity index is 367. The smallest absolute Gasteiger partial charge is 0.271 e. The summed E-state index contributed by atoms with van der Waals surface area (Å²) in [5.74, 6) is 0.464. The van der Waals surface area contributed by atoms with Crippen molar-refractivity contribution in [3.05, 3.63) is 18.1 Å². The molecule has 0 aliphatic rings. The Hall–Kier alpha value is -1.69. The summed E-state index contributed by atoms with van der Waals surface area (Å²) in [6.45, 7) is 3.99. The average Bonchev–Trinajstić information content (AvgIpc) is 2.44. The van der Waals surface area contributed by atoms with Crippen molar-refractivity contribution in [3.63, 3.8) is 0 Å². The lowest BCUT2D eigenvalue weighted by molar-refractivity contribution is 0.0932. The molecule has 6 nitrogen and oxygen atoms in total. The van der Waals surface area contributed by atoms with Crippen LogP contribution in [0.5, 0.6) is 0 Å². The quantitative estimate of drug-likeness (QED) is 0.662. The zero-order valence-electron chi connectivity index (χ0n) is 11.6. The number of hydrogen-bond acceptors (Lipinski definition) is 5. The molecule has 106 valence electrons. The van der Waals surface area contributed by atoms with Gasteiger partial charge in [-0.15, -0.1) is 0 Å². The summed E-state index contributed by atoms with van der Waals surface area (Å²) in [6.07, 6.45) is 6.55. The van der Waals surface area contributed by atoms with E-state index >= 15 is 0 Å². The first kappa shape index (κ1) is 15.4. The van der Waals surface area contributed by atoms with E-state index in [4.69, 9.17) is 4.74 Å². The van der Waals surface area contributed by atoms with Crippen LogP contribution in [0, 0.1) is 0 Å². The molecule has 0 saturated heterocycles. The summed E-state index contributed by atoms with van der Waals surface area (Å²) in [7, 11) is 1.59. The van der Waals surface area contributed by atoms with Crippen LogP contribution in [-0.2, 0) is 4.74 Å². The Morgan fingerprint density at radius 1 is 1.26 bits per heavy atom. The van der Waals surface area contributed by atoms with Gasteiger partial charge in [-0.1, -0.05) is 19.8 Å². The summed E-state index contributed by atoms with van der Waals surface area (Å²) in [5.41, 5.74) is 0.315. The molecular formula is C13H22N4O2. The fourth-order valence-corrected chi connectivity index (χ4v) is 1.49. The van der Waals surface area contributed by atoms with Crippen LogP contribution in [0.1, 0.15) is 36.7 Å². The van der Waals surface area contributed by atoms with E-state index in [1.165, 1.54) is 19.0 Å². The maximum Gasteiger partial charge on any atom is 0.271 e. The summed E-state index contributed by atoms with van der Waals surface area (Å²) < 4.78 is 4.85. The zero-order chi connectivity index (χ0) is 13.9. The SMILES string of the molecule is CCCCCNc1cnc(C(=O)NCCOC)cn1. The molecule has 0 bridgehead atoms. The Morgan fingerprint density at radius 3 is 2.74 bits per heavy atom. The highest BCUT2D eigenvalue weighted by molar-refractivity contribution is 5.91. The number of carbonyl (C=O) groups is 1. The topological polar surface area (TPSA) is 76.1 Å². The molecule has 0 spiro atoms. The lowest BCUT2D eigenvalue weighted by Gasteiger charge is -2.06.